The van der Waals surface area contributed by atoms with E-state index in [4.69, 9.17) is 21.3 Å². The van der Waals surface area contributed by atoms with Crippen LogP contribution in [-0.2, 0) is 0 Å². The van der Waals surface area contributed by atoms with Crippen LogP contribution < -0.4 is 4.74 Å². The van der Waals surface area contributed by atoms with Crippen molar-refractivity contribution >= 4 is 34.4 Å². The minimum atomic E-state index is -0.463. The van der Waals surface area contributed by atoms with Crippen molar-refractivity contribution in [2.45, 2.75) is 64.0 Å². The maximum absolute atomic E-state index is 14.3. The molecule has 2 N–H and O–H groups in total. The van der Waals surface area contributed by atoms with Gasteiger partial charge in [-0.1, -0.05) is 31.5 Å². The molecule has 3 unspecified atom stereocenters. The highest BCUT2D eigenvalue weighted by molar-refractivity contribution is 6.31. The molecule has 1 saturated carbocycles. The Labute approximate surface area is 216 Å². The molecule has 1 aliphatic carbocycles. The van der Waals surface area contributed by atoms with Crippen LogP contribution in [0.15, 0.2) is 41.7 Å². The number of pyridine rings is 1. The number of hydrogen-bond acceptors (Lipinski definition) is 4. The van der Waals surface area contributed by atoms with E-state index in [1.54, 1.807) is 13.2 Å². The van der Waals surface area contributed by atoms with Gasteiger partial charge in [0.05, 0.1) is 24.3 Å². The van der Waals surface area contributed by atoms with Gasteiger partial charge in [0.15, 0.2) is 0 Å². The van der Waals surface area contributed by atoms with Gasteiger partial charge in [-0.25, -0.2) is 9.37 Å². The molecule has 1 fully saturated rings. The lowest BCUT2D eigenvalue weighted by molar-refractivity contribution is 0.0892. The summed E-state index contributed by atoms with van der Waals surface area (Å²) in [7, 11) is 1.56. The number of allylic oxidation sites excluding steroid dienone is 1. The van der Waals surface area contributed by atoms with Crippen LogP contribution in [0.1, 0.15) is 68.6 Å². The number of nitrogens with one attached hydrogen (secondary N) is 1. The molecule has 3 heterocycles. The van der Waals surface area contributed by atoms with Gasteiger partial charge < -0.3 is 14.8 Å². The number of hydrogen-bond donors (Lipinski definition) is 2. The van der Waals surface area contributed by atoms with Crippen molar-refractivity contribution in [3.05, 3.63) is 64.2 Å². The first-order valence-electron chi connectivity index (χ1n) is 12.8. The summed E-state index contributed by atoms with van der Waals surface area (Å²) in [5.74, 6) is 1.01. The van der Waals surface area contributed by atoms with Gasteiger partial charge in [0.2, 0.25) is 0 Å². The van der Waals surface area contributed by atoms with E-state index in [-0.39, 0.29) is 23.1 Å². The molecule has 2 aliphatic rings. The Balaban J connectivity index is 1.39. The molecule has 0 spiro atoms. The molecule has 3 atom stereocenters. The molecule has 5 rings (SSSR count). The van der Waals surface area contributed by atoms with Crippen LogP contribution in [0.25, 0.3) is 16.6 Å². The second-order valence-corrected chi connectivity index (χ2v) is 10.6. The Morgan fingerprint density at radius 1 is 1.19 bits per heavy atom. The average Bonchev–Trinajstić information content (AvgIpc) is 3.33. The van der Waals surface area contributed by atoms with Crippen molar-refractivity contribution in [1.29, 1.82) is 0 Å². The van der Waals surface area contributed by atoms with Crippen molar-refractivity contribution in [3.63, 3.8) is 0 Å². The molecular formula is C29H33ClFN3O2. The molecule has 190 valence electrons. The van der Waals surface area contributed by atoms with Crippen LogP contribution in [0, 0.1) is 17.7 Å². The van der Waals surface area contributed by atoms with Crippen molar-refractivity contribution < 1.29 is 14.2 Å². The number of fused-ring (bicyclic) bond motifs is 1. The fourth-order valence-corrected chi connectivity index (χ4v) is 6.17. The molecule has 7 heteroatoms. The number of rotatable bonds is 6. The molecule has 0 amide bonds. The summed E-state index contributed by atoms with van der Waals surface area (Å²) in [6.45, 7) is 4.30. The van der Waals surface area contributed by atoms with Crippen LogP contribution in [0.4, 0.5) is 4.39 Å². The summed E-state index contributed by atoms with van der Waals surface area (Å²) >= 11 is 6.38. The highest BCUT2D eigenvalue weighted by atomic mass is 35.5. The van der Waals surface area contributed by atoms with E-state index in [2.05, 4.69) is 29.0 Å². The van der Waals surface area contributed by atoms with Crippen LogP contribution in [-0.4, -0.2) is 40.5 Å². The van der Waals surface area contributed by atoms with Crippen molar-refractivity contribution in [3.8, 4) is 5.75 Å². The minimum absolute atomic E-state index is 0.0788. The van der Waals surface area contributed by atoms with Gasteiger partial charge in [-0.05, 0) is 73.3 Å². The smallest absolute Gasteiger partial charge is 0.142 e. The SMILES string of the molecule is COc1ccc(F)c(Cl)c1C(C)c1c[nH]c2ncc(C3=CCC(C(C)C4CCC(O)CC4)N=C3)cc12. The highest BCUT2D eigenvalue weighted by Crippen LogP contribution is 2.41. The highest BCUT2D eigenvalue weighted by Gasteiger charge is 2.30. The average molecular weight is 510 g/mol. The van der Waals surface area contributed by atoms with Crippen molar-refractivity contribution in [2.75, 3.05) is 7.11 Å². The van der Waals surface area contributed by atoms with Gasteiger partial charge in [-0.15, -0.1) is 0 Å². The van der Waals surface area contributed by atoms with E-state index in [0.29, 0.717) is 23.1 Å². The summed E-state index contributed by atoms with van der Waals surface area (Å²) in [6.07, 6.45) is 12.8. The topological polar surface area (TPSA) is 70.5 Å². The molecule has 36 heavy (non-hydrogen) atoms. The molecule has 1 aliphatic heterocycles. The Morgan fingerprint density at radius 3 is 2.67 bits per heavy atom. The van der Waals surface area contributed by atoms with Gasteiger partial charge >= 0.3 is 0 Å². The lowest BCUT2D eigenvalue weighted by atomic mass is 9.75. The summed E-state index contributed by atoms with van der Waals surface area (Å²) < 4.78 is 19.8. The maximum atomic E-state index is 14.3. The second-order valence-electron chi connectivity index (χ2n) is 10.2. The predicted octanol–water partition coefficient (Wildman–Crippen LogP) is 6.93. The lowest BCUT2D eigenvalue weighted by Gasteiger charge is -2.34. The molecular weight excluding hydrogens is 477 g/mol. The van der Waals surface area contributed by atoms with Crippen LogP contribution in [0.2, 0.25) is 5.02 Å². The standard InChI is InChI=1S/C29H33ClFN3O2/c1-16(18-4-7-21(35)8-5-18)25-10-6-19(13-32-25)20-12-22-23(15-34-29(22)33-14-20)17(2)27-26(36-3)11-9-24(31)28(27)30/h6,9,11-18,21,25,35H,4-5,7-8,10H2,1-3H3,(H,33,34). The number of benzene rings is 1. The number of methoxy groups -OCH3 is 1. The third-order valence-electron chi connectivity index (χ3n) is 8.18. The molecule has 0 saturated heterocycles. The third kappa shape index (κ3) is 4.69. The van der Waals surface area contributed by atoms with Gasteiger partial charge in [0.1, 0.15) is 17.2 Å². The number of ether oxygens (including phenoxy) is 1. The normalized spacial score (nSPS) is 23.9. The monoisotopic (exact) mass is 509 g/mol. The Kier molecular flexibility index (Phi) is 7.18. The molecule has 0 bridgehead atoms. The molecule has 3 aromatic rings. The summed E-state index contributed by atoms with van der Waals surface area (Å²) in [6, 6.07) is 5.33. The van der Waals surface area contributed by atoms with Crippen molar-refractivity contribution in [1.82, 2.24) is 9.97 Å². The molecule has 1 aromatic carbocycles. The number of dihydropyridines is 1. The number of nitrogens with zero attached hydrogens (tertiary/aromatic N) is 2. The first-order chi connectivity index (χ1) is 17.4. The summed E-state index contributed by atoms with van der Waals surface area (Å²) in [4.78, 5) is 12.8. The molecule has 0 radical (unpaired) electrons. The second kappa shape index (κ2) is 10.3. The van der Waals surface area contributed by atoms with E-state index >= 15 is 0 Å². The maximum Gasteiger partial charge on any atom is 0.142 e. The number of aromatic nitrogens is 2. The predicted molar refractivity (Wildman–Crippen MR) is 144 cm³/mol. The van der Waals surface area contributed by atoms with Crippen LogP contribution >= 0.6 is 11.6 Å². The minimum Gasteiger partial charge on any atom is -0.496 e. The van der Waals surface area contributed by atoms with Crippen molar-refractivity contribution in [2.24, 2.45) is 16.8 Å². The van der Waals surface area contributed by atoms with Gasteiger partial charge in [-0.3, -0.25) is 4.99 Å². The number of H-pyrrole nitrogens is 1. The van der Waals surface area contributed by atoms with Gasteiger partial charge in [-0.2, -0.15) is 0 Å². The number of aliphatic hydroxyl groups excluding tert-OH is 1. The van der Waals surface area contributed by atoms with Gasteiger partial charge in [0, 0.05) is 41.0 Å². The lowest BCUT2D eigenvalue weighted by Crippen LogP contribution is -2.30. The zero-order valence-corrected chi connectivity index (χ0v) is 21.7. The first kappa shape index (κ1) is 25.0. The summed E-state index contributed by atoms with van der Waals surface area (Å²) in [5, 5.41) is 10.9. The molecule has 2 aromatic heterocycles. The quantitative estimate of drug-likeness (QED) is 0.378. The van der Waals surface area contributed by atoms with E-state index in [0.717, 1.165) is 59.8 Å². The van der Waals surface area contributed by atoms with Gasteiger partial charge in [0.25, 0.3) is 0 Å². The van der Waals surface area contributed by atoms with E-state index in [1.807, 2.05) is 25.5 Å². The summed E-state index contributed by atoms with van der Waals surface area (Å²) in [5.41, 5.74) is 4.43. The zero-order valence-electron chi connectivity index (χ0n) is 21.0. The number of aromatic amines is 1. The zero-order chi connectivity index (χ0) is 25.4. The fraction of sp³-hybridized carbons (Fsp3) is 0.448. The van der Waals surface area contributed by atoms with Crippen LogP contribution in [0.3, 0.4) is 0 Å². The molecule has 5 nitrogen and oxygen atoms in total. The number of aliphatic imine (C=N–C) groups is 1. The Morgan fingerprint density at radius 2 is 1.97 bits per heavy atom. The number of halogens is 2. The van der Waals surface area contributed by atoms with E-state index in [1.165, 1.54) is 6.07 Å². The Hall–Kier alpha value is -2.70. The fourth-order valence-electron chi connectivity index (χ4n) is 5.85. The van der Waals surface area contributed by atoms with E-state index < -0.39 is 5.82 Å². The van der Waals surface area contributed by atoms with E-state index in [9.17, 15) is 9.50 Å². The third-order valence-corrected chi connectivity index (χ3v) is 8.57. The van der Waals surface area contributed by atoms with Crippen LogP contribution in [0.5, 0.6) is 5.75 Å². The Bertz CT molecular complexity index is 1310. The largest absolute Gasteiger partial charge is 0.496 e. The first-order valence-corrected chi connectivity index (χ1v) is 13.2. The number of aliphatic hydroxyl groups is 1.